The van der Waals surface area contributed by atoms with Crippen LogP contribution in [0.2, 0.25) is 0 Å². The number of ether oxygens (including phenoxy) is 2. The Balaban J connectivity index is 1.43. The Bertz CT molecular complexity index is 899. The van der Waals surface area contributed by atoms with Crippen molar-refractivity contribution in [1.29, 1.82) is 0 Å². The van der Waals surface area contributed by atoms with Crippen LogP contribution in [-0.4, -0.2) is 19.5 Å². The summed E-state index contributed by atoms with van der Waals surface area (Å²) < 4.78 is 69.4. The predicted octanol–water partition coefficient (Wildman–Crippen LogP) is 7.28. The third-order valence-corrected chi connectivity index (χ3v) is 6.95. The predicted molar refractivity (Wildman–Crippen MR) is 115 cm³/mol. The molecule has 0 unspecified atom stereocenters. The van der Waals surface area contributed by atoms with E-state index in [0.717, 1.165) is 63.9 Å². The lowest BCUT2D eigenvalue weighted by Crippen LogP contribution is -2.38. The van der Waals surface area contributed by atoms with E-state index in [0.29, 0.717) is 17.4 Å². The molecule has 32 heavy (non-hydrogen) atoms. The monoisotopic (exact) mass is 450 g/mol. The molecule has 4 rings (SSSR count). The van der Waals surface area contributed by atoms with Crippen LogP contribution in [0.15, 0.2) is 24.3 Å². The molecule has 1 heterocycles. The molecule has 174 valence electrons. The fourth-order valence-corrected chi connectivity index (χ4v) is 5.02. The van der Waals surface area contributed by atoms with Crippen molar-refractivity contribution in [3.63, 3.8) is 0 Å². The van der Waals surface area contributed by atoms with Gasteiger partial charge < -0.3 is 9.47 Å². The molecule has 2 fully saturated rings. The quantitative estimate of drug-likeness (QED) is 0.446. The van der Waals surface area contributed by atoms with E-state index in [2.05, 4.69) is 6.92 Å². The second-order valence-electron chi connectivity index (χ2n) is 9.23. The van der Waals surface area contributed by atoms with Gasteiger partial charge in [-0.15, -0.1) is 0 Å². The van der Waals surface area contributed by atoms with Crippen molar-refractivity contribution >= 4 is 0 Å². The van der Waals surface area contributed by atoms with Gasteiger partial charge >= 0.3 is 0 Å². The third kappa shape index (κ3) is 4.86. The number of hydrogen-bond acceptors (Lipinski definition) is 2. The van der Waals surface area contributed by atoms with Gasteiger partial charge in [-0.3, -0.25) is 0 Å². The van der Waals surface area contributed by atoms with Crippen molar-refractivity contribution < 1.29 is 27.0 Å². The first kappa shape index (κ1) is 23.2. The van der Waals surface area contributed by atoms with Gasteiger partial charge in [0.1, 0.15) is 23.3 Å². The molecule has 6 heteroatoms. The second kappa shape index (κ2) is 9.92. The zero-order chi connectivity index (χ0) is 22.8. The summed E-state index contributed by atoms with van der Waals surface area (Å²) in [6.07, 6.45) is 5.35. The van der Waals surface area contributed by atoms with Crippen molar-refractivity contribution in [2.24, 2.45) is 11.8 Å². The maximum absolute atomic E-state index is 14.9. The van der Waals surface area contributed by atoms with Crippen molar-refractivity contribution in [3.8, 4) is 11.1 Å². The van der Waals surface area contributed by atoms with Gasteiger partial charge in [0.05, 0.1) is 18.8 Å². The average molecular weight is 451 g/mol. The highest BCUT2D eigenvalue weighted by atomic mass is 19.1. The van der Waals surface area contributed by atoms with Crippen LogP contribution in [0.3, 0.4) is 0 Å². The molecule has 1 saturated carbocycles. The first-order chi connectivity index (χ1) is 15.4. The number of hydrogen-bond donors (Lipinski definition) is 0. The maximum Gasteiger partial charge on any atom is 0.160 e. The highest BCUT2D eigenvalue weighted by Gasteiger charge is 2.33. The van der Waals surface area contributed by atoms with Gasteiger partial charge in [0, 0.05) is 17.4 Å². The maximum atomic E-state index is 14.9. The Morgan fingerprint density at radius 2 is 1.38 bits per heavy atom. The summed E-state index contributed by atoms with van der Waals surface area (Å²) in [5.74, 6) is -2.46. The van der Waals surface area contributed by atoms with Crippen molar-refractivity contribution in [1.82, 2.24) is 0 Å². The van der Waals surface area contributed by atoms with Gasteiger partial charge in [-0.2, -0.15) is 0 Å². The summed E-state index contributed by atoms with van der Waals surface area (Å²) in [5.41, 5.74) is -0.117. The van der Waals surface area contributed by atoms with Crippen LogP contribution in [0.25, 0.3) is 11.1 Å². The van der Waals surface area contributed by atoms with E-state index >= 15 is 0 Å². The fraction of sp³-hybridized carbons (Fsp3) is 0.538. The first-order valence-electron chi connectivity index (χ1n) is 11.6. The van der Waals surface area contributed by atoms with Gasteiger partial charge in [0.2, 0.25) is 0 Å². The highest BCUT2D eigenvalue weighted by Crippen LogP contribution is 2.41. The van der Waals surface area contributed by atoms with Gasteiger partial charge in [-0.25, -0.2) is 17.6 Å². The van der Waals surface area contributed by atoms with Crippen LogP contribution in [0, 0.1) is 42.0 Å². The second-order valence-corrected chi connectivity index (χ2v) is 9.23. The van der Waals surface area contributed by atoms with E-state index in [1.165, 1.54) is 19.1 Å². The molecule has 1 aliphatic heterocycles. The first-order valence-corrected chi connectivity index (χ1v) is 11.6. The van der Waals surface area contributed by atoms with E-state index < -0.39 is 28.8 Å². The van der Waals surface area contributed by atoms with Crippen LogP contribution < -0.4 is 0 Å². The van der Waals surface area contributed by atoms with E-state index in [9.17, 15) is 17.6 Å². The molecule has 2 aliphatic rings. The minimum atomic E-state index is -0.825. The van der Waals surface area contributed by atoms with Crippen molar-refractivity contribution in [3.05, 3.63) is 58.7 Å². The number of halogens is 4. The Morgan fingerprint density at radius 3 is 1.91 bits per heavy atom. The molecule has 1 saturated heterocycles. The highest BCUT2D eigenvalue weighted by molar-refractivity contribution is 5.66. The number of benzene rings is 2. The lowest BCUT2D eigenvalue weighted by atomic mass is 9.78. The zero-order valence-corrected chi connectivity index (χ0v) is 18.6. The summed E-state index contributed by atoms with van der Waals surface area (Å²) in [4.78, 5) is 0. The summed E-state index contributed by atoms with van der Waals surface area (Å²) in [5, 5.41) is 0. The normalized spacial score (nSPS) is 26.3. The van der Waals surface area contributed by atoms with E-state index in [4.69, 9.17) is 9.47 Å². The Labute approximate surface area is 186 Å². The van der Waals surface area contributed by atoms with Gasteiger partial charge in [-0.1, -0.05) is 13.3 Å². The van der Waals surface area contributed by atoms with Crippen LogP contribution in [0.4, 0.5) is 17.6 Å². The standard InChI is InChI=1S/C26H30F4O2/c1-3-4-16-13-31-26(32-14-16)18-7-5-17(6-8-18)19-9-23(29)25(24(30)10-19)20-11-21(27)15(2)22(28)12-20/h9-12,16-18,26H,3-8,13-14H2,1-2H3. The molecule has 2 aromatic carbocycles. The summed E-state index contributed by atoms with van der Waals surface area (Å²) in [6.45, 7) is 4.91. The Kier molecular flexibility index (Phi) is 7.21. The van der Waals surface area contributed by atoms with E-state index in [1.54, 1.807) is 0 Å². The third-order valence-electron chi connectivity index (χ3n) is 6.95. The van der Waals surface area contributed by atoms with Crippen LogP contribution >= 0.6 is 0 Å². The number of rotatable bonds is 5. The van der Waals surface area contributed by atoms with Crippen molar-refractivity contribution in [2.75, 3.05) is 13.2 Å². The largest absolute Gasteiger partial charge is 0.352 e. The SMILES string of the molecule is CCCC1COC(C2CCC(c3cc(F)c(-c4cc(F)c(C)c(F)c4)c(F)c3)CC2)OC1. The molecular formula is C26H30F4O2. The topological polar surface area (TPSA) is 18.5 Å². The molecule has 0 radical (unpaired) electrons. The van der Waals surface area contributed by atoms with Gasteiger partial charge in [0.15, 0.2) is 6.29 Å². The van der Waals surface area contributed by atoms with E-state index in [1.807, 2.05) is 0 Å². The minimum absolute atomic E-state index is 0.0345. The van der Waals surface area contributed by atoms with Gasteiger partial charge in [0.25, 0.3) is 0 Å². The van der Waals surface area contributed by atoms with Crippen LogP contribution in [-0.2, 0) is 9.47 Å². The van der Waals surface area contributed by atoms with E-state index in [-0.39, 0.29) is 23.3 Å². The lowest BCUT2D eigenvalue weighted by Gasteiger charge is -2.37. The summed E-state index contributed by atoms with van der Waals surface area (Å²) in [7, 11) is 0. The minimum Gasteiger partial charge on any atom is -0.352 e. The molecular weight excluding hydrogens is 420 g/mol. The van der Waals surface area contributed by atoms with Gasteiger partial charge in [-0.05, 0) is 80.3 Å². The molecule has 0 aromatic heterocycles. The zero-order valence-electron chi connectivity index (χ0n) is 18.6. The molecule has 0 bridgehead atoms. The molecule has 2 nitrogen and oxygen atoms in total. The molecule has 0 atom stereocenters. The molecule has 1 aliphatic carbocycles. The van der Waals surface area contributed by atoms with Crippen LogP contribution in [0.1, 0.15) is 62.5 Å². The molecule has 2 aromatic rings. The smallest absolute Gasteiger partial charge is 0.160 e. The van der Waals surface area contributed by atoms with Crippen LogP contribution in [0.5, 0.6) is 0 Å². The summed E-state index contributed by atoms with van der Waals surface area (Å²) >= 11 is 0. The summed E-state index contributed by atoms with van der Waals surface area (Å²) in [6, 6.07) is 4.56. The Morgan fingerprint density at radius 1 is 0.812 bits per heavy atom. The molecule has 0 amide bonds. The lowest BCUT2D eigenvalue weighted by molar-refractivity contribution is -0.229. The molecule has 0 N–H and O–H groups in total. The molecule has 0 spiro atoms. The Hall–Kier alpha value is -1.92. The average Bonchev–Trinajstić information content (AvgIpc) is 2.78. The van der Waals surface area contributed by atoms with Crippen molar-refractivity contribution in [2.45, 2.75) is 64.6 Å². The fourth-order valence-electron chi connectivity index (χ4n) is 5.02.